The first kappa shape index (κ1) is 22.7. The molecule has 0 radical (unpaired) electrons. The molecule has 1 saturated heterocycles. The van der Waals surface area contributed by atoms with E-state index in [1.807, 2.05) is 14.0 Å². The first-order chi connectivity index (χ1) is 13.6. The number of methoxy groups -OCH3 is 1. The van der Waals surface area contributed by atoms with Crippen molar-refractivity contribution in [2.24, 2.45) is 0 Å². The molecule has 1 aliphatic heterocycles. The van der Waals surface area contributed by atoms with Crippen LogP contribution in [0, 0.1) is 15.9 Å². The lowest BCUT2D eigenvalue weighted by atomic mass is 9.91. The highest BCUT2D eigenvalue weighted by Crippen LogP contribution is 2.26. The topological polar surface area (TPSA) is 105 Å². The van der Waals surface area contributed by atoms with Gasteiger partial charge in [0.2, 0.25) is 17.6 Å². The van der Waals surface area contributed by atoms with Crippen LogP contribution in [0.3, 0.4) is 0 Å². The van der Waals surface area contributed by atoms with E-state index in [0.717, 1.165) is 12.1 Å². The van der Waals surface area contributed by atoms with Crippen LogP contribution in [0.15, 0.2) is 18.2 Å². The van der Waals surface area contributed by atoms with Gasteiger partial charge in [0.1, 0.15) is 12.6 Å². The highest BCUT2D eigenvalue weighted by atomic mass is 19.1. The van der Waals surface area contributed by atoms with Crippen LogP contribution in [0.1, 0.15) is 25.3 Å². The molecule has 9 nitrogen and oxygen atoms in total. The Hall–Kier alpha value is -2.59. The van der Waals surface area contributed by atoms with E-state index in [-0.39, 0.29) is 18.6 Å². The molecule has 0 aliphatic carbocycles. The van der Waals surface area contributed by atoms with E-state index < -0.39 is 34.3 Å². The maximum atomic E-state index is 14.1. The number of nitrogens with zero attached hydrogens (tertiary/aromatic N) is 3. The first-order valence-electron chi connectivity index (χ1n) is 9.36. The minimum atomic E-state index is -0.984. The number of nitro benzene ring substituents is 1. The van der Waals surface area contributed by atoms with Gasteiger partial charge < -0.3 is 19.9 Å². The fourth-order valence-corrected chi connectivity index (χ4v) is 3.34. The van der Waals surface area contributed by atoms with Crippen molar-refractivity contribution in [2.45, 2.75) is 31.8 Å². The highest BCUT2D eigenvalue weighted by molar-refractivity contribution is 5.89. The minimum absolute atomic E-state index is 0.162. The van der Waals surface area contributed by atoms with Gasteiger partial charge in [-0.3, -0.25) is 19.7 Å². The predicted molar refractivity (Wildman–Crippen MR) is 104 cm³/mol. The number of hydrogen-bond donors (Lipinski definition) is 1. The number of rotatable bonds is 7. The Bertz CT molecular complexity index is 775. The second kappa shape index (κ2) is 9.75. The molecule has 1 fully saturated rings. The zero-order valence-electron chi connectivity index (χ0n) is 17.1. The Morgan fingerprint density at radius 2 is 2.10 bits per heavy atom. The van der Waals surface area contributed by atoms with Gasteiger partial charge in [-0.1, -0.05) is 13.0 Å². The lowest BCUT2D eigenvalue weighted by Gasteiger charge is -2.40. The molecule has 10 heteroatoms. The number of piperazine rings is 1. The Morgan fingerprint density at radius 1 is 1.41 bits per heavy atom. The summed E-state index contributed by atoms with van der Waals surface area (Å²) in [6, 6.07) is 2.72. The molecule has 2 amide bonds. The van der Waals surface area contributed by atoms with Crippen LogP contribution in [0.5, 0.6) is 0 Å². The number of nitrogens with one attached hydrogen (secondary N) is 1. The van der Waals surface area contributed by atoms with E-state index >= 15 is 0 Å². The standard InChI is InChI=1S/C19H27FN4O5/c1-12-10-23(8-7-22(12)3)19(26)18(21-17(25)11-29-4)13(2)14-5-6-16(24(27)28)15(20)9-14/h5-6,9,12-13,18H,7-8,10-11H2,1-4H3,(H,21,25)/t12-,13+,18-/m1/s1. The first-order valence-corrected chi connectivity index (χ1v) is 9.36. The van der Waals surface area contributed by atoms with Crippen molar-refractivity contribution in [3.63, 3.8) is 0 Å². The van der Waals surface area contributed by atoms with E-state index in [1.165, 1.54) is 13.2 Å². The number of ether oxygens (including phenoxy) is 1. The molecule has 0 spiro atoms. The molecular weight excluding hydrogens is 383 g/mol. The fourth-order valence-electron chi connectivity index (χ4n) is 3.34. The molecule has 160 valence electrons. The van der Waals surface area contributed by atoms with Crippen LogP contribution in [0.4, 0.5) is 10.1 Å². The predicted octanol–water partition coefficient (Wildman–Crippen LogP) is 1.13. The van der Waals surface area contributed by atoms with Gasteiger partial charge in [-0.25, -0.2) is 0 Å². The van der Waals surface area contributed by atoms with Gasteiger partial charge in [-0.2, -0.15) is 4.39 Å². The maximum Gasteiger partial charge on any atom is 0.304 e. The molecule has 1 aromatic carbocycles. The number of benzene rings is 1. The lowest BCUT2D eigenvalue weighted by Crippen LogP contribution is -2.58. The van der Waals surface area contributed by atoms with Gasteiger partial charge in [-0.05, 0) is 25.6 Å². The summed E-state index contributed by atoms with van der Waals surface area (Å²) in [4.78, 5) is 39.2. The molecule has 1 aliphatic rings. The van der Waals surface area contributed by atoms with Gasteiger partial charge in [-0.15, -0.1) is 0 Å². The normalized spacial score (nSPS) is 19.5. The summed E-state index contributed by atoms with van der Waals surface area (Å²) in [6.07, 6.45) is 0. The van der Waals surface area contributed by atoms with Crippen LogP contribution in [0.2, 0.25) is 0 Å². The Morgan fingerprint density at radius 3 is 2.66 bits per heavy atom. The number of halogens is 1. The summed E-state index contributed by atoms with van der Waals surface area (Å²) in [5, 5.41) is 13.5. The molecule has 0 aromatic heterocycles. The van der Waals surface area contributed by atoms with Crippen molar-refractivity contribution in [1.82, 2.24) is 15.1 Å². The lowest BCUT2D eigenvalue weighted by molar-refractivity contribution is -0.387. The molecule has 29 heavy (non-hydrogen) atoms. The Labute approximate surface area is 168 Å². The smallest absolute Gasteiger partial charge is 0.304 e. The largest absolute Gasteiger partial charge is 0.375 e. The van der Waals surface area contributed by atoms with Crippen LogP contribution in [-0.4, -0.2) is 79.0 Å². The molecule has 1 N–H and O–H groups in total. The van der Waals surface area contributed by atoms with Crippen LogP contribution >= 0.6 is 0 Å². The van der Waals surface area contributed by atoms with Crippen molar-refractivity contribution in [2.75, 3.05) is 40.4 Å². The average Bonchev–Trinajstić information content (AvgIpc) is 2.67. The van der Waals surface area contributed by atoms with Gasteiger partial charge in [0, 0.05) is 44.8 Å². The summed E-state index contributed by atoms with van der Waals surface area (Å²) in [5.74, 6) is -2.33. The molecular formula is C19H27FN4O5. The number of carbonyl (C=O) groups excluding carboxylic acids is 2. The summed E-state index contributed by atoms with van der Waals surface area (Å²) in [6.45, 7) is 5.18. The number of carbonyl (C=O) groups is 2. The minimum Gasteiger partial charge on any atom is -0.375 e. The highest BCUT2D eigenvalue weighted by Gasteiger charge is 2.34. The monoisotopic (exact) mass is 410 g/mol. The van der Waals surface area contributed by atoms with Gasteiger partial charge >= 0.3 is 5.69 Å². The van der Waals surface area contributed by atoms with Crippen molar-refractivity contribution >= 4 is 17.5 Å². The van der Waals surface area contributed by atoms with Gasteiger partial charge in [0.25, 0.3) is 0 Å². The summed E-state index contributed by atoms with van der Waals surface area (Å²) in [7, 11) is 3.35. The molecule has 0 unspecified atom stereocenters. The summed E-state index contributed by atoms with van der Waals surface area (Å²) < 4.78 is 18.9. The SMILES string of the molecule is COCC(=O)N[C@@H](C(=O)N1CCN(C)[C@H](C)C1)[C@@H](C)c1ccc([N+](=O)[O-])c(F)c1. The Kier molecular flexibility index (Phi) is 7.63. The summed E-state index contributed by atoms with van der Waals surface area (Å²) >= 11 is 0. The van der Waals surface area contributed by atoms with Crippen molar-refractivity contribution < 1.29 is 23.6 Å². The van der Waals surface area contributed by atoms with E-state index in [4.69, 9.17) is 4.74 Å². The quantitative estimate of drug-likeness (QED) is 0.534. The number of likely N-dealkylation sites (N-methyl/N-ethyl adjacent to an activating group) is 1. The van der Waals surface area contributed by atoms with E-state index in [2.05, 4.69) is 10.2 Å². The second-order valence-electron chi connectivity index (χ2n) is 7.35. The van der Waals surface area contributed by atoms with E-state index in [0.29, 0.717) is 25.2 Å². The molecule has 1 heterocycles. The van der Waals surface area contributed by atoms with Crippen LogP contribution in [0.25, 0.3) is 0 Å². The maximum absolute atomic E-state index is 14.1. The molecule has 0 saturated carbocycles. The molecule has 2 rings (SSSR count). The fraction of sp³-hybridized carbons (Fsp3) is 0.579. The van der Waals surface area contributed by atoms with Gasteiger partial charge in [0.05, 0.1) is 4.92 Å². The third kappa shape index (κ3) is 5.48. The van der Waals surface area contributed by atoms with Gasteiger partial charge in [0.15, 0.2) is 0 Å². The van der Waals surface area contributed by atoms with Crippen LogP contribution in [-0.2, 0) is 14.3 Å². The average molecular weight is 410 g/mol. The zero-order valence-corrected chi connectivity index (χ0v) is 17.1. The van der Waals surface area contributed by atoms with E-state index in [1.54, 1.807) is 11.8 Å². The third-order valence-corrected chi connectivity index (χ3v) is 5.32. The number of hydrogen-bond acceptors (Lipinski definition) is 6. The zero-order chi connectivity index (χ0) is 21.7. The molecule has 3 atom stereocenters. The second-order valence-corrected chi connectivity index (χ2v) is 7.35. The number of nitro groups is 1. The van der Waals surface area contributed by atoms with Crippen LogP contribution < -0.4 is 5.32 Å². The third-order valence-electron chi connectivity index (χ3n) is 5.32. The van der Waals surface area contributed by atoms with Crippen molar-refractivity contribution in [3.8, 4) is 0 Å². The van der Waals surface area contributed by atoms with E-state index in [9.17, 15) is 24.1 Å². The molecule has 1 aromatic rings. The van der Waals surface area contributed by atoms with Crippen molar-refractivity contribution in [1.29, 1.82) is 0 Å². The summed E-state index contributed by atoms with van der Waals surface area (Å²) in [5.41, 5.74) is -0.258. The molecule has 0 bridgehead atoms. The number of amides is 2. The van der Waals surface area contributed by atoms with Crippen molar-refractivity contribution in [3.05, 3.63) is 39.7 Å². The Balaban J connectivity index is 2.29.